The Hall–Kier alpha value is -3.90. The monoisotopic (exact) mass is 484 g/mol. The fraction of sp³-hybridized carbons (Fsp3) is 0.179. The molecule has 6 rings (SSSR count). The Bertz CT molecular complexity index is 1380. The second-order valence-corrected chi connectivity index (χ2v) is 9.33. The highest BCUT2D eigenvalue weighted by atomic mass is 35.5. The van der Waals surface area contributed by atoms with Gasteiger partial charge in [0, 0.05) is 16.3 Å². The standard InChI is InChI=1S/C28H21ClN2O4/c1-35-20-13-11-19(12-14-20)30-27(33)23-22-15-8-16-4-2-3-5-21(16)31(22)25(24(23)28(30)34)26(32)17-6-9-18(29)10-7-17/h2-15,22-25H,1H3/t22-,23-,24-,25+/m1/s1. The van der Waals surface area contributed by atoms with Crippen LogP contribution in [-0.2, 0) is 9.59 Å². The van der Waals surface area contributed by atoms with Gasteiger partial charge >= 0.3 is 0 Å². The van der Waals surface area contributed by atoms with Crippen molar-refractivity contribution in [1.29, 1.82) is 0 Å². The summed E-state index contributed by atoms with van der Waals surface area (Å²) in [5.74, 6) is -1.72. The molecule has 4 atom stereocenters. The van der Waals surface area contributed by atoms with E-state index in [9.17, 15) is 14.4 Å². The van der Waals surface area contributed by atoms with Crippen molar-refractivity contribution in [2.45, 2.75) is 12.1 Å². The van der Waals surface area contributed by atoms with E-state index in [1.807, 2.05) is 41.3 Å². The smallest absolute Gasteiger partial charge is 0.240 e. The lowest BCUT2D eigenvalue weighted by atomic mass is 9.86. The SMILES string of the molecule is COc1ccc(N2C(=O)[C@@H]3[C@H](C2=O)[C@H]2C=Cc4ccccc4N2[C@@H]3C(=O)c2ccc(Cl)cc2)cc1. The number of ketones is 1. The molecule has 35 heavy (non-hydrogen) atoms. The van der Waals surface area contributed by atoms with E-state index in [2.05, 4.69) is 0 Å². The number of Topliss-reactive ketones (excluding diaryl/α,β-unsaturated/α-hetero) is 1. The average Bonchev–Trinajstić information content (AvgIpc) is 3.37. The molecule has 0 radical (unpaired) electrons. The number of hydrogen-bond donors (Lipinski definition) is 0. The number of halogens is 1. The molecule has 0 aromatic heterocycles. The maximum atomic E-state index is 13.9. The number of carbonyl (C=O) groups is 3. The molecule has 174 valence electrons. The number of methoxy groups -OCH3 is 1. The first-order chi connectivity index (χ1) is 17.0. The summed E-state index contributed by atoms with van der Waals surface area (Å²) < 4.78 is 5.21. The molecule has 0 unspecified atom stereocenters. The van der Waals surface area contributed by atoms with Crippen LogP contribution >= 0.6 is 11.6 Å². The van der Waals surface area contributed by atoms with E-state index in [0.29, 0.717) is 22.0 Å². The van der Waals surface area contributed by atoms with Gasteiger partial charge in [-0.2, -0.15) is 0 Å². The minimum Gasteiger partial charge on any atom is -0.497 e. The summed E-state index contributed by atoms with van der Waals surface area (Å²) in [5.41, 5.74) is 2.72. The number of ether oxygens (including phenoxy) is 1. The van der Waals surface area contributed by atoms with E-state index in [4.69, 9.17) is 16.3 Å². The van der Waals surface area contributed by atoms with Crippen LogP contribution in [0.1, 0.15) is 15.9 Å². The van der Waals surface area contributed by atoms with E-state index >= 15 is 0 Å². The zero-order valence-corrected chi connectivity index (χ0v) is 19.6. The zero-order chi connectivity index (χ0) is 24.3. The molecule has 3 aromatic carbocycles. The van der Waals surface area contributed by atoms with Crippen molar-refractivity contribution in [2.24, 2.45) is 11.8 Å². The number of anilines is 2. The van der Waals surface area contributed by atoms with Crippen molar-refractivity contribution in [3.63, 3.8) is 0 Å². The average molecular weight is 485 g/mol. The second-order valence-electron chi connectivity index (χ2n) is 8.89. The van der Waals surface area contributed by atoms with E-state index in [-0.39, 0.29) is 17.6 Å². The highest BCUT2D eigenvalue weighted by Gasteiger charge is 2.64. The van der Waals surface area contributed by atoms with Gasteiger partial charge in [0.05, 0.1) is 30.7 Å². The number of nitrogens with zero attached hydrogens (tertiary/aromatic N) is 2. The van der Waals surface area contributed by atoms with E-state index in [1.54, 1.807) is 55.6 Å². The van der Waals surface area contributed by atoms with Gasteiger partial charge in [0.25, 0.3) is 0 Å². The summed E-state index contributed by atoms with van der Waals surface area (Å²) in [5, 5.41) is 0.521. The van der Waals surface area contributed by atoms with Gasteiger partial charge in [-0.1, -0.05) is 42.0 Å². The first-order valence-electron chi connectivity index (χ1n) is 11.4. The number of amides is 2. The normalized spacial score (nSPS) is 24.3. The number of benzene rings is 3. The van der Waals surface area contributed by atoms with Crippen molar-refractivity contribution in [1.82, 2.24) is 0 Å². The Morgan fingerprint density at radius 1 is 0.886 bits per heavy atom. The van der Waals surface area contributed by atoms with Crippen LogP contribution in [0.2, 0.25) is 5.02 Å². The molecule has 0 bridgehead atoms. The van der Waals surface area contributed by atoms with E-state index in [1.165, 1.54) is 4.90 Å². The summed E-state index contributed by atoms with van der Waals surface area (Å²) in [4.78, 5) is 44.7. The van der Waals surface area contributed by atoms with Gasteiger partial charge in [0.15, 0.2) is 5.78 Å². The van der Waals surface area contributed by atoms with Crippen molar-refractivity contribution in [3.05, 3.63) is 95.0 Å². The predicted octanol–water partition coefficient (Wildman–Crippen LogP) is 4.62. The summed E-state index contributed by atoms with van der Waals surface area (Å²) in [7, 11) is 1.56. The fourth-order valence-electron chi connectivity index (χ4n) is 5.58. The lowest BCUT2D eigenvalue weighted by molar-refractivity contribution is -0.122. The molecule has 2 saturated heterocycles. The lowest BCUT2D eigenvalue weighted by Gasteiger charge is -2.36. The summed E-state index contributed by atoms with van der Waals surface area (Å²) in [6.07, 6.45) is 3.91. The molecule has 3 heterocycles. The Morgan fingerprint density at radius 2 is 1.57 bits per heavy atom. The second kappa shape index (κ2) is 8.10. The number of fused-ring (bicyclic) bond motifs is 5. The van der Waals surface area contributed by atoms with Gasteiger partial charge in [-0.15, -0.1) is 0 Å². The summed E-state index contributed by atoms with van der Waals surface area (Å²) in [6.45, 7) is 0. The Labute approximate surface area is 207 Å². The molecule has 0 aliphatic carbocycles. The summed E-state index contributed by atoms with van der Waals surface area (Å²) in [6, 6.07) is 20.0. The van der Waals surface area contributed by atoms with Crippen molar-refractivity contribution >= 4 is 46.6 Å². The molecule has 3 aromatic rings. The predicted molar refractivity (Wildman–Crippen MR) is 134 cm³/mol. The van der Waals surface area contributed by atoms with Gasteiger partial charge in [0.1, 0.15) is 11.8 Å². The third kappa shape index (κ3) is 3.21. The number of rotatable bonds is 4. The maximum absolute atomic E-state index is 13.9. The van der Waals surface area contributed by atoms with Crippen LogP contribution in [0, 0.1) is 11.8 Å². The minimum absolute atomic E-state index is 0.206. The first-order valence-corrected chi connectivity index (χ1v) is 11.7. The Kier molecular flexibility index (Phi) is 5.00. The van der Waals surface area contributed by atoms with Crippen LogP contribution in [0.5, 0.6) is 5.75 Å². The molecular formula is C28H21ClN2O4. The van der Waals surface area contributed by atoms with Crippen LogP contribution in [0.3, 0.4) is 0 Å². The molecular weight excluding hydrogens is 464 g/mol. The third-order valence-corrected chi connectivity index (χ3v) is 7.39. The van der Waals surface area contributed by atoms with E-state index < -0.39 is 23.9 Å². The Balaban J connectivity index is 1.47. The van der Waals surface area contributed by atoms with Gasteiger partial charge in [0.2, 0.25) is 11.8 Å². The topological polar surface area (TPSA) is 66.9 Å². The number of imide groups is 1. The zero-order valence-electron chi connectivity index (χ0n) is 18.8. The Morgan fingerprint density at radius 3 is 2.29 bits per heavy atom. The molecule has 2 fully saturated rings. The van der Waals surface area contributed by atoms with Crippen molar-refractivity contribution in [3.8, 4) is 5.75 Å². The first kappa shape index (κ1) is 21.6. The van der Waals surface area contributed by atoms with Crippen LogP contribution in [0.15, 0.2) is 78.9 Å². The maximum Gasteiger partial charge on any atom is 0.240 e. The molecule has 0 N–H and O–H groups in total. The number of hydrogen-bond acceptors (Lipinski definition) is 5. The van der Waals surface area contributed by atoms with Crippen LogP contribution in [0.25, 0.3) is 6.08 Å². The third-order valence-electron chi connectivity index (χ3n) is 7.14. The summed E-state index contributed by atoms with van der Waals surface area (Å²) >= 11 is 6.05. The highest BCUT2D eigenvalue weighted by molar-refractivity contribution is 6.30. The largest absolute Gasteiger partial charge is 0.497 e. The van der Waals surface area contributed by atoms with Crippen LogP contribution in [-0.4, -0.2) is 36.8 Å². The van der Waals surface area contributed by atoms with Gasteiger partial charge in [-0.25, -0.2) is 4.90 Å². The number of para-hydroxylation sites is 1. The van der Waals surface area contributed by atoms with E-state index in [0.717, 1.165) is 11.3 Å². The van der Waals surface area contributed by atoms with Gasteiger partial charge in [-0.3, -0.25) is 14.4 Å². The lowest BCUT2D eigenvalue weighted by Crippen LogP contribution is -2.48. The highest BCUT2D eigenvalue weighted by Crippen LogP contribution is 2.49. The molecule has 3 aliphatic rings. The molecule has 0 saturated carbocycles. The van der Waals surface area contributed by atoms with Crippen molar-refractivity contribution < 1.29 is 19.1 Å². The van der Waals surface area contributed by atoms with Crippen molar-refractivity contribution in [2.75, 3.05) is 16.9 Å². The molecule has 0 spiro atoms. The molecule has 2 amide bonds. The molecule has 7 heteroatoms. The van der Waals surface area contributed by atoms with Crippen LogP contribution < -0.4 is 14.5 Å². The van der Waals surface area contributed by atoms with Gasteiger partial charge in [-0.05, 0) is 60.2 Å². The molecule has 3 aliphatic heterocycles. The minimum atomic E-state index is -0.822. The van der Waals surface area contributed by atoms with Gasteiger partial charge < -0.3 is 9.64 Å². The van der Waals surface area contributed by atoms with Crippen LogP contribution in [0.4, 0.5) is 11.4 Å². The quantitative estimate of drug-likeness (QED) is 0.399. The number of carbonyl (C=O) groups excluding carboxylic acids is 3. The molecule has 6 nitrogen and oxygen atoms in total. The fourth-order valence-corrected chi connectivity index (χ4v) is 5.71.